The van der Waals surface area contributed by atoms with Crippen LogP contribution in [0.15, 0.2) is 182 Å². The predicted octanol–water partition coefficient (Wildman–Crippen LogP) is 15.9. The van der Waals surface area contributed by atoms with Crippen molar-refractivity contribution in [2.75, 3.05) is 9.80 Å². The van der Waals surface area contributed by atoms with Crippen molar-refractivity contribution in [2.45, 2.75) is 27.7 Å². The van der Waals surface area contributed by atoms with Gasteiger partial charge >= 0.3 is 0 Å². The van der Waals surface area contributed by atoms with E-state index in [2.05, 4.69) is 171 Å². The molecule has 0 saturated carbocycles. The van der Waals surface area contributed by atoms with Gasteiger partial charge in [0.05, 0.1) is 21.2 Å². The summed E-state index contributed by atoms with van der Waals surface area (Å²) in [5, 5.41) is 29.8. The SMILES string of the molecule is Cc1ccc(N(c2ccc(C)cc2)c2cc(-c3ccc([N+](=O)[O-])cc3)c3ccc4c(N(c5ccc(C)cc5)c5ccc(C)cc5)cc(-c5ccc([N+](=O)[O-])cc5)c5ccc2c3c54)cc1. The van der Waals surface area contributed by atoms with E-state index in [4.69, 9.17) is 0 Å². The fourth-order valence-electron chi connectivity index (χ4n) is 8.96. The Labute approximate surface area is 370 Å². The monoisotopic (exact) mass is 834 g/mol. The summed E-state index contributed by atoms with van der Waals surface area (Å²) >= 11 is 0. The van der Waals surface area contributed by atoms with Crippen molar-refractivity contribution in [2.24, 2.45) is 0 Å². The zero-order valence-electron chi connectivity index (χ0n) is 35.7. The Hall–Kier alpha value is -8.36. The number of benzene rings is 10. The van der Waals surface area contributed by atoms with Gasteiger partial charge in [0, 0.05) is 68.6 Å². The summed E-state index contributed by atoms with van der Waals surface area (Å²) in [4.78, 5) is 27.6. The lowest BCUT2D eigenvalue weighted by molar-refractivity contribution is -0.385. The minimum absolute atomic E-state index is 0.0207. The maximum absolute atomic E-state index is 11.9. The molecule has 0 saturated heterocycles. The highest BCUT2D eigenvalue weighted by atomic mass is 16.6. The lowest BCUT2D eigenvalue weighted by Gasteiger charge is -2.31. The molecule has 0 aliphatic heterocycles. The highest BCUT2D eigenvalue weighted by Crippen LogP contribution is 2.52. The van der Waals surface area contributed by atoms with E-state index in [0.717, 1.165) is 111 Å². The third kappa shape index (κ3) is 7.01. The summed E-state index contributed by atoms with van der Waals surface area (Å²) in [5.41, 5.74) is 14.0. The van der Waals surface area contributed by atoms with Gasteiger partial charge in [0.2, 0.25) is 0 Å². The van der Waals surface area contributed by atoms with E-state index in [1.54, 1.807) is 24.3 Å². The molecule has 0 heterocycles. The summed E-state index contributed by atoms with van der Waals surface area (Å²) in [5.74, 6) is 0. The minimum atomic E-state index is -0.370. The molecule has 0 atom stereocenters. The second kappa shape index (κ2) is 15.8. The van der Waals surface area contributed by atoms with E-state index in [9.17, 15) is 20.2 Å². The Kier molecular flexibility index (Phi) is 9.84. The number of aryl methyl sites for hydroxylation is 4. The molecule has 310 valence electrons. The standard InChI is InChI=1S/C56H42N4O4/c1-35-5-17-41(18-6-35)57(42-19-7-36(2)8-20-42)53-33-51(39-13-25-45(26-14-39)59(61)62)47-30-32-50-54(58(43-21-9-37(3)10-22-43)44-23-11-38(4)12-24-44)34-52(40-15-27-46(28-16-40)60(63)64)48-29-31-49(53)55(47)56(48)50/h5-34H,1-4H3. The number of rotatable bonds is 10. The van der Waals surface area contributed by atoms with Crippen LogP contribution >= 0.6 is 0 Å². The number of hydrogen-bond acceptors (Lipinski definition) is 6. The molecule has 64 heavy (non-hydrogen) atoms. The molecule has 8 nitrogen and oxygen atoms in total. The van der Waals surface area contributed by atoms with E-state index in [-0.39, 0.29) is 21.2 Å². The number of nitro groups is 2. The molecule has 10 aromatic rings. The molecular weight excluding hydrogens is 793 g/mol. The quantitative estimate of drug-likeness (QED) is 0.0774. The van der Waals surface area contributed by atoms with Gasteiger partial charge in [0.15, 0.2) is 0 Å². The van der Waals surface area contributed by atoms with Crippen LogP contribution < -0.4 is 9.80 Å². The normalized spacial score (nSPS) is 11.4. The number of nitrogens with zero attached hydrogens (tertiary/aromatic N) is 4. The fourth-order valence-corrected chi connectivity index (χ4v) is 8.96. The first-order valence-corrected chi connectivity index (χ1v) is 21.2. The van der Waals surface area contributed by atoms with E-state index in [1.807, 2.05) is 24.3 Å². The van der Waals surface area contributed by atoms with Crippen molar-refractivity contribution >= 4 is 77.8 Å². The third-order valence-electron chi connectivity index (χ3n) is 12.3. The van der Waals surface area contributed by atoms with Gasteiger partial charge in [-0.25, -0.2) is 0 Å². The topological polar surface area (TPSA) is 92.8 Å². The van der Waals surface area contributed by atoms with Gasteiger partial charge in [-0.15, -0.1) is 0 Å². The minimum Gasteiger partial charge on any atom is -0.310 e. The first-order chi connectivity index (χ1) is 31.0. The maximum atomic E-state index is 11.9. The Balaban J connectivity index is 1.37. The highest BCUT2D eigenvalue weighted by molar-refractivity contribution is 6.32. The van der Waals surface area contributed by atoms with Crippen LogP contribution in [0, 0.1) is 47.9 Å². The molecule has 10 rings (SSSR count). The molecule has 0 N–H and O–H groups in total. The van der Waals surface area contributed by atoms with Crippen molar-refractivity contribution in [1.82, 2.24) is 0 Å². The van der Waals surface area contributed by atoms with Crippen LogP contribution in [-0.4, -0.2) is 9.85 Å². The van der Waals surface area contributed by atoms with Crippen molar-refractivity contribution in [3.05, 3.63) is 224 Å². The van der Waals surface area contributed by atoms with Crippen LogP contribution in [-0.2, 0) is 0 Å². The van der Waals surface area contributed by atoms with Crippen LogP contribution in [0.5, 0.6) is 0 Å². The maximum Gasteiger partial charge on any atom is 0.269 e. The molecule has 0 amide bonds. The number of non-ortho nitro benzene ring substituents is 2. The molecule has 8 heteroatoms. The van der Waals surface area contributed by atoms with Crippen LogP contribution in [0.2, 0.25) is 0 Å². The highest BCUT2D eigenvalue weighted by Gasteiger charge is 2.26. The fraction of sp³-hybridized carbons (Fsp3) is 0.0714. The van der Waals surface area contributed by atoms with Gasteiger partial charge < -0.3 is 9.80 Å². The smallest absolute Gasteiger partial charge is 0.269 e. The molecule has 0 radical (unpaired) electrons. The van der Waals surface area contributed by atoms with E-state index in [1.165, 1.54) is 0 Å². The summed E-state index contributed by atoms with van der Waals surface area (Å²) in [6, 6.07) is 60.9. The van der Waals surface area contributed by atoms with Crippen molar-refractivity contribution in [1.29, 1.82) is 0 Å². The van der Waals surface area contributed by atoms with Gasteiger partial charge in [-0.05, 0) is 146 Å². The molecule has 0 spiro atoms. The molecule has 0 aromatic heterocycles. The van der Waals surface area contributed by atoms with Crippen molar-refractivity contribution in [3.8, 4) is 22.3 Å². The van der Waals surface area contributed by atoms with E-state index >= 15 is 0 Å². The number of anilines is 6. The average Bonchev–Trinajstić information content (AvgIpc) is 3.31. The summed E-state index contributed by atoms with van der Waals surface area (Å²) in [6.07, 6.45) is 0. The molecule has 0 unspecified atom stereocenters. The zero-order chi connectivity index (χ0) is 44.2. The second-order valence-corrected chi connectivity index (χ2v) is 16.6. The number of hydrogen-bond donors (Lipinski definition) is 0. The van der Waals surface area contributed by atoms with Crippen molar-refractivity contribution < 1.29 is 9.85 Å². The molecule has 10 aromatic carbocycles. The molecule has 0 aliphatic carbocycles. The first-order valence-electron chi connectivity index (χ1n) is 21.2. The first kappa shape index (κ1) is 39.8. The summed E-state index contributed by atoms with van der Waals surface area (Å²) < 4.78 is 0. The van der Waals surface area contributed by atoms with E-state index in [0.29, 0.717) is 0 Å². The molecular formula is C56H42N4O4. The van der Waals surface area contributed by atoms with Crippen LogP contribution in [0.3, 0.4) is 0 Å². The molecule has 0 fully saturated rings. The van der Waals surface area contributed by atoms with Gasteiger partial charge in [-0.2, -0.15) is 0 Å². The summed E-state index contributed by atoms with van der Waals surface area (Å²) in [7, 11) is 0. The largest absolute Gasteiger partial charge is 0.310 e. The molecule has 0 bridgehead atoms. The van der Waals surface area contributed by atoms with Crippen LogP contribution in [0.25, 0.3) is 54.6 Å². The summed E-state index contributed by atoms with van der Waals surface area (Å²) in [6.45, 7) is 8.33. The Morgan fingerprint density at radius 2 is 0.609 bits per heavy atom. The predicted molar refractivity (Wildman–Crippen MR) is 263 cm³/mol. The van der Waals surface area contributed by atoms with E-state index < -0.39 is 0 Å². The third-order valence-corrected chi connectivity index (χ3v) is 12.3. The molecule has 0 aliphatic rings. The second-order valence-electron chi connectivity index (χ2n) is 16.6. The average molecular weight is 835 g/mol. The lowest BCUT2D eigenvalue weighted by atomic mass is 9.85. The van der Waals surface area contributed by atoms with Gasteiger partial charge in [-0.3, -0.25) is 20.2 Å². The lowest BCUT2D eigenvalue weighted by Crippen LogP contribution is -2.12. The van der Waals surface area contributed by atoms with Gasteiger partial charge in [0.1, 0.15) is 0 Å². The Bertz CT molecular complexity index is 3060. The van der Waals surface area contributed by atoms with Crippen LogP contribution in [0.1, 0.15) is 22.3 Å². The Morgan fingerprint density at radius 1 is 0.344 bits per heavy atom. The number of nitro benzene ring substituents is 2. The van der Waals surface area contributed by atoms with Gasteiger partial charge in [-0.1, -0.05) is 95.1 Å². The van der Waals surface area contributed by atoms with Crippen molar-refractivity contribution in [3.63, 3.8) is 0 Å². The Morgan fingerprint density at radius 3 is 0.875 bits per heavy atom. The van der Waals surface area contributed by atoms with Gasteiger partial charge in [0.25, 0.3) is 11.4 Å². The zero-order valence-corrected chi connectivity index (χ0v) is 35.7. The van der Waals surface area contributed by atoms with Crippen LogP contribution in [0.4, 0.5) is 45.5 Å².